The van der Waals surface area contributed by atoms with E-state index in [9.17, 15) is 18.3 Å². The van der Waals surface area contributed by atoms with Crippen molar-refractivity contribution in [1.82, 2.24) is 4.98 Å². The van der Waals surface area contributed by atoms with Crippen LogP contribution in [0.25, 0.3) is 10.9 Å². The van der Waals surface area contributed by atoms with Crippen LogP contribution in [0.3, 0.4) is 0 Å². The van der Waals surface area contributed by atoms with Crippen LogP contribution < -0.4 is 9.04 Å². The highest BCUT2D eigenvalue weighted by atomic mass is 35.5. The Morgan fingerprint density at radius 2 is 1.74 bits per heavy atom. The van der Waals surface area contributed by atoms with E-state index >= 15 is 0 Å². The van der Waals surface area contributed by atoms with E-state index in [0.29, 0.717) is 22.5 Å². The molecule has 9 nitrogen and oxygen atoms in total. The van der Waals surface area contributed by atoms with Crippen molar-refractivity contribution < 1.29 is 23.1 Å². The molecule has 4 aromatic rings. The number of nitrogens with zero attached hydrogens (tertiary/aromatic N) is 3. The van der Waals surface area contributed by atoms with Gasteiger partial charge in [-0.25, -0.2) is 8.42 Å². The van der Waals surface area contributed by atoms with E-state index in [0.717, 1.165) is 4.31 Å². The van der Waals surface area contributed by atoms with E-state index < -0.39 is 22.5 Å². The van der Waals surface area contributed by atoms with Crippen molar-refractivity contribution in [3.63, 3.8) is 0 Å². The number of H-pyrrole nitrogens is 1. The maximum Gasteiger partial charge on any atom is 0.285 e. The number of rotatable bonds is 8. The molecular formula is C24H21ClN4O5S. The van der Waals surface area contributed by atoms with E-state index in [1.807, 2.05) is 0 Å². The molecule has 1 heterocycles. The smallest absolute Gasteiger partial charge is 0.285 e. The lowest BCUT2D eigenvalue weighted by molar-refractivity contribution is -0.116. The van der Waals surface area contributed by atoms with E-state index in [-0.39, 0.29) is 27.9 Å². The third kappa shape index (κ3) is 5.13. The zero-order valence-corrected chi connectivity index (χ0v) is 20.1. The van der Waals surface area contributed by atoms with E-state index in [4.69, 9.17) is 16.3 Å². The number of hydrogen-bond acceptors (Lipinski definition) is 6. The third-order valence-electron chi connectivity index (χ3n) is 5.04. The zero-order chi connectivity index (χ0) is 25.0. The molecule has 0 bridgehead atoms. The summed E-state index contributed by atoms with van der Waals surface area (Å²) in [4.78, 5) is 15.5. The Bertz CT molecular complexity index is 1500. The zero-order valence-electron chi connectivity index (χ0n) is 18.6. The van der Waals surface area contributed by atoms with Gasteiger partial charge in [0.1, 0.15) is 12.3 Å². The highest BCUT2D eigenvalue weighted by Gasteiger charge is 2.29. The summed E-state index contributed by atoms with van der Waals surface area (Å²) in [5.74, 6) is -0.819. The molecule has 1 aromatic heterocycles. The fourth-order valence-corrected chi connectivity index (χ4v) is 5.00. The van der Waals surface area contributed by atoms with Crippen LogP contribution in [0.4, 0.5) is 11.4 Å². The van der Waals surface area contributed by atoms with Gasteiger partial charge in [0.05, 0.1) is 22.7 Å². The molecule has 180 valence electrons. The first-order chi connectivity index (χ1) is 16.8. The number of amides is 1. The van der Waals surface area contributed by atoms with Crippen molar-refractivity contribution in [3.05, 3.63) is 77.8 Å². The average molecular weight is 513 g/mol. The van der Waals surface area contributed by atoms with Crippen LogP contribution in [0.5, 0.6) is 11.6 Å². The molecule has 0 saturated heterocycles. The van der Waals surface area contributed by atoms with Crippen LogP contribution in [0.15, 0.2) is 87.9 Å². The van der Waals surface area contributed by atoms with E-state index in [1.165, 1.54) is 30.3 Å². The monoisotopic (exact) mass is 512 g/mol. The lowest BCUT2D eigenvalue weighted by Crippen LogP contribution is -2.35. The summed E-state index contributed by atoms with van der Waals surface area (Å²) in [5.41, 5.74) is 0.863. The number of carbonyl (C=O) groups is 1. The minimum atomic E-state index is -4.21. The summed E-state index contributed by atoms with van der Waals surface area (Å²) < 4.78 is 33.6. The van der Waals surface area contributed by atoms with Crippen molar-refractivity contribution in [1.29, 1.82) is 0 Å². The fraction of sp³-hybridized carbons (Fsp3) is 0.125. The number of para-hydroxylation sites is 3. The predicted molar refractivity (Wildman–Crippen MR) is 133 cm³/mol. The molecule has 2 N–H and O–H groups in total. The summed E-state index contributed by atoms with van der Waals surface area (Å²) in [5, 5.41) is 18.6. The first kappa shape index (κ1) is 24.2. The second-order valence-corrected chi connectivity index (χ2v) is 9.63. The lowest BCUT2D eigenvalue weighted by atomic mass is 10.2. The molecule has 0 aliphatic heterocycles. The summed E-state index contributed by atoms with van der Waals surface area (Å²) in [6.07, 6.45) is 0. The van der Waals surface area contributed by atoms with Crippen LogP contribution in [-0.2, 0) is 14.8 Å². The maximum atomic E-state index is 13.6. The van der Waals surface area contributed by atoms with Gasteiger partial charge < -0.3 is 14.8 Å². The molecule has 0 fully saturated rings. The maximum absolute atomic E-state index is 13.6. The van der Waals surface area contributed by atoms with Gasteiger partial charge in [0.15, 0.2) is 5.69 Å². The molecule has 0 spiro atoms. The number of azo groups is 1. The number of carbonyl (C=O) groups excluding carboxylic acids is 1. The number of aromatic nitrogens is 1. The molecule has 0 saturated carbocycles. The topological polar surface area (TPSA) is 124 Å². The van der Waals surface area contributed by atoms with Crippen LogP contribution >= 0.6 is 11.6 Å². The van der Waals surface area contributed by atoms with Gasteiger partial charge in [-0.2, -0.15) is 0 Å². The Kier molecular flexibility index (Phi) is 7.04. The van der Waals surface area contributed by atoms with Gasteiger partial charge in [-0.1, -0.05) is 41.9 Å². The van der Waals surface area contributed by atoms with Crippen molar-refractivity contribution in [2.45, 2.75) is 11.8 Å². The molecule has 4 rings (SSSR count). The van der Waals surface area contributed by atoms with Gasteiger partial charge in [0.25, 0.3) is 15.9 Å². The van der Waals surface area contributed by atoms with Crippen molar-refractivity contribution in [2.75, 3.05) is 17.5 Å². The second-order valence-electron chi connectivity index (χ2n) is 7.33. The first-order valence-corrected chi connectivity index (χ1v) is 12.4. The first-order valence-electron chi connectivity index (χ1n) is 10.6. The lowest BCUT2D eigenvalue weighted by Gasteiger charge is -2.25. The third-order valence-corrected chi connectivity index (χ3v) is 7.06. The molecule has 0 radical (unpaired) electrons. The number of hydrogen-bond donors (Lipinski definition) is 2. The number of benzene rings is 3. The Morgan fingerprint density at radius 1 is 1.06 bits per heavy atom. The van der Waals surface area contributed by atoms with Crippen molar-refractivity contribution in [2.24, 2.45) is 10.2 Å². The summed E-state index contributed by atoms with van der Waals surface area (Å²) in [7, 11) is -4.21. The fourth-order valence-electron chi connectivity index (χ4n) is 3.45. The Hall–Kier alpha value is -3.89. The Balaban J connectivity index is 1.71. The molecule has 11 heteroatoms. The van der Waals surface area contributed by atoms with Gasteiger partial charge in [0.2, 0.25) is 5.88 Å². The molecule has 0 aliphatic carbocycles. The largest absolute Gasteiger partial charge is 0.493 e. The minimum Gasteiger partial charge on any atom is -0.493 e. The molecular weight excluding hydrogens is 492 g/mol. The quantitative estimate of drug-likeness (QED) is 0.304. The minimum absolute atomic E-state index is 0.0628. The summed E-state index contributed by atoms with van der Waals surface area (Å²) >= 11 is 5.92. The van der Waals surface area contributed by atoms with Gasteiger partial charge in [-0.3, -0.25) is 9.10 Å². The highest BCUT2D eigenvalue weighted by Crippen LogP contribution is 2.36. The standard InChI is InChI=1S/C24H21ClN4O5S/c1-2-34-21-10-6-5-9-20(21)29(35(32,33)17-13-11-16(25)12-14-17)15-22(30)27-28-23-18-7-3-4-8-19(18)26-24(23)31/h3-14,26,31H,2,15H2,1H3. The highest BCUT2D eigenvalue weighted by molar-refractivity contribution is 7.92. The number of aromatic amines is 1. The molecule has 35 heavy (non-hydrogen) atoms. The summed E-state index contributed by atoms with van der Waals surface area (Å²) in [6, 6.07) is 19.1. The number of sulfonamides is 1. The van der Waals surface area contributed by atoms with Crippen molar-refractivity contribution in [3.8, 4) is 11.6 Å². The van der Waals surface area contributed by atoms with Gasteiger partial charge in [0, 0.05) is 10.4 Å². The second kappa shape index (κ2) is 10.2. The number of anilines is 1. The molecule has 0 unspecified atom stereocenters. The number of ether oxygens (including phenoxy) is 1. The summed E-state index contributed by atoms with van der Waals surface area (Å²) in [6.45, 7) is 1.41. The average Bonchev–Trinajstić information content (AvgIpc) is 3.17. The van der Waals surface area contributed by atoms with Crippen LogP contribution in [0.1, 0.15) is 6.92 Å². The number of nitrogens with one attached hydrogen (secondary N) is 1. The van der Waals surface area contributed by atoms with Crippen LogP contribution in [0.2, 0.25) is 5.02 Å². The molecule has 3 aromatic carbocycles. The van der Waals surface area contributed by atoms with Crippen LogP contribution in [-0.4, -0.2) is 37.6 Å². The SMILES string of the molecule is CCOc1ccccc1N(CC(=O)N=Nc1c(O)[nH]c2ccccc12)S(=O)(=O)c1ccc(Cl)cc1. The number of halogens is 1. The van der Waals surface area contributed by atoms with Gasteiger partial charge in [-0.15, -0.1) is 10.2 Å². The van der Waals surface area contributed by atoms with Crippen LogP contribution in [0, 0.1) is 0 Å². The Morgan fingerprint density at radius 3 is 2.49 bits per heavy atom. The van der Waals surface area contributed by atoms with E-state index in [2.05, 4.69) is 15.2 Å². The molecule has 0 atom stereocenters. The normalized spacial score (nSPS) is 11.7. The number of fused-ring (bicyclic) bond motifs is 1. The van der Waals surface area contributed by atoms with Gasteiger partial charge >= 0.3 is 0 Å². The van der Waals surface area contributed by atoms with Crippen molar-refractivity contribution >= 4 is 49.8 Å². The molecule has 0 aliphatic rings. The Labute approximate surface area is 206 Å². The molecule has 1 amide bonds. The van der Waals surface area contributed by atoms with E-state index in [1.54, 1.807) is 49.4 Å². The predicted octanol–water partition coefficient (Wildman–Crippen LogP) is 5.43. The number of aromatic hydroxyl groups is 1. The van der Waals surface area contributed by atoms with Gasteiger partial charge in [-0.05, 0) is 49.4 Å².